The highest BCUT2D eigenvalue weighted by molar-refractivity contribution is 8.01. The summed E-state index contributed by atoms with van der Waals surface area (Å²) in [6.45, 7) is 0. The molecule has 0 saturated heterocycles. The van der Waals surface area contributed by atoms with E-state index in [1.807, 2.05) is 18.2 Å². The third-order valence-electron chi connectivity index (χ3n) is 3.71. The zero-order chi connectivity index (χ0) is 15.8. The van der Waals surface area contributed by atoms with E-state index in [0.717, 1.165) is 42.0 Å². The fourth-order valence-electron chi connectivity index (χ4n) is 2.61. The third-order valence-corrected chi connectivity index (χ3v) is 5.50. The fourth-order valence-corrected chi connectivity index (χ4v) is 3.95. The predicted octanol–water partition coefficient (Wildman–Crippen LogP) is 3.73. The molecule has 0 spiro atoms. The van der Waals surface area contributed by atoms with Crippen molar-refractivity contribution in [1.29, 1.82) is 0 Å². The number of hydrogen-bond acceptors (Lipinski definition) is 7. The SMILES string of the molecule is O=C(c1cccc(SCCSOOO)c1)C1(O)CCCCC1. The van der Waals surface area contributed by atoms with E-state index in [4.69, 9.17) is 5.26 Å². The van der Waals surface area contributed by atoms with Crippen molar-refractivity contribution in [3.63, 3.8) is 0 Å². The first-order valence-electron chi connectivity index (χ1n) is 7.25. The van der Waals surface area contributed by atoms with E-state index in [0.29, 0.717) is 24.2 Å². The molecule has 1 aromatic rings. The zero-order valence-electron chi connectivity index (χ0n) is 12.2. The number of ketones is 1. The molecule has 0 amide bonds. The quantitative estimate of drug-likeness (QED) is 0.186. The van der Waals surface area contributed by atoms with Crippen LogP contribution in [0.15, 0.2) is 29.2 Å². The largest absolute Gasteiger partial charge is 0.382 e. The Kier molecular flexibility index (Phi) is 7.20. The number of benzene rings is 1. The summed E-state index contributed by atoms with van der Waals surface area (Å²) in [6, 6.07) is 7.35. The van der Waals surface area contributed by atoms with Crippen LogP contribution in [0.2, 0.25) is 0 Å². The van der Waals surface area contributed by atoms with Crippen molar-refractivity contribution in [2.75, 3.05) is 11.5 Å². The molecule has 1 fully saturated rings. The predicted molar refractivity (Wildman–Crippen MR) is 86.8 cm³/mol. The minimum absolute atomic E-state index is 0.166. The summed E-state index contributed by atoms with van der Waals surface area (Å²) in [4.78, 5) is 13.5. The van der Waals surface area contributed by atoms with E-state index in [-0.39, 0.29) is 5.78 Å². The van der Waals surface area contributed by atoms with Crippen LogP contribution in [0.25, 0.3) is 0 Å². The number of thioether (sulfide) groups is 1. The maximum Gasteiger partial charge on any atom is 0.194 e. The van der Waals surface area contributed by atoms with Gasteiger partial charge in [0.15, 0.2) is 5.78 Å². The van der Waals surface area contributed by atoms with Crippen molar-refractivity contribution in [2.24, 2.45) is 0 Å². The Hall–Kier alpha value is -0.570. The lowest BCUT2D eigenvalue weighted by Gasteiger charge is -2.30. The van der Waals surface area contributed by atoms with E-state index in [2.05, 4.69) is 9.37 Å². The molecule has 1 aliphatic carbocycles. The van der Waals surface area contributed by atoms with Crippen molar-refractivity contribution in [1.82, 2.24) is 0 Å². The second-order valence-electron chi connectivity index (χ2n) is 5.26. The van der Waals surface area contributed by atoms with Gasteiger partial charge in [0.25, 0.3) is 0 Å². The Balaban J connectivity index is 1.94. The van der Waals surface area contributed by atoms with Crippen LogP contribution in [-0.4, -0.2) is 33.3 Å². The van der Waals surface area contributed by atoms with Gasteiger partial charge in [0, 0.05) is 34.0 Å². The van der Waals surface area contributed by atoms with Crippen LogP contribution in [0.3, 0.4) is 0 Å². The molecule has 7 heteroatoms. The molecule has 0 atom stereocenters. The Morgan fingerprint density at radius 2 is 2.00 bits per heavy atom. The van der Waals surface area contributed by atoms with Gasteiger partial charge in [-0.25, -0.2) is 5.26 Å². The van der Waals surface area contributed by atoms with Crippen molar-refractivity contribution >= 4 is 29.6 Å². The molecular weight excluding hydrogens is 324 g/mol. The molecule has 22 heavy (non-hydrogen) atoms. The Morgan fingerprint density at radius 3 is 2.73 bits per heavy atom. The monoisotopic (exact) mass is 344 g/mol. The Labute approximate surface area is 138 Å². The van der Waals surface area contributed by atoms with E-state index in [9.17, 15) is 9.90 Å². The van der Waals surface area contributed by atoms with Gasteiger partial charge in [0.05, 0.1) is 0 Å². The van der Waals surface area contributed by atoms with Gasteiger partial charge in [-0.1, -0.05) is 36.4 Å². The summed E-state index contributed by atoms with van der Waals surface area (Å²) in [5.74, 6) is 1.21. The maximum absolute atomic E-state index is 12.6. The average Bonchev–Trinajstić information content (AvgIpc) is 2.55. The molecular formula is C15H20O5S2. The van der Waals surface area contributed by atoms with Crippen molar-refractivity contribution in [3.05, 3.63) is 29.8 Å². The highest BCUT2D eigenvalue weighted by Crippen LogP contribution is 2.32. The van der Waals surface area contributed by atoms with Crippen LogP contribution in [0.5, 0.6) is 0 Å². The standard InChI is InChI=1S/C15H20O5S2/c16-14(15(17)7-2-1-3-8-15)12-5-4-6-13(11-12)21-9-10-22-20-19-18/h4-6,11,17-18H,1-3,7-10H2. The molecule has 0 radical (unpaired) electrons. The highest BCUT2D eigenvalue weighted by Gasteiger charge is 2.37. The van der Waals surface area contributed by atoms with E-state index < -0.39 is 5.60 Å². The summed E-state index contributed by atoms with van der Waals surface area (Å²) in [6.07, 6.45) is 4.00. The van der Waals surface area contributed by atoms with Crippen LogP contribution >= 0.6 is 23.8 Å². The lowest BCUT2D eigenvalue weighted by Crippen LogP contribution is -2.40. The number of hydrogen-bond donors (Lipinski definition) is 2. The van der Waals surface area contributed by atoms with Crippen LogP contribution in [0, 0.1) is 0 Å². The number of carbonyl (C=O) groups excluding carboxylic acids is 1. The van der Waals surface area contributed by atoms with Gasteiger partial charge in [-0.15, -0.1) is 16.1 Å². The molecule has 0 bridgehead atoms. The summed E-state index contributed by atoms with van der Waals surface area (Å²) in [5.41, 5.74) is -0.624. The lowest BCUT2D eigenvalue weighted by molar-refractivity contribution is -0.432. The summed E-state index contributed by atoms with van der Waals surface area (Å²) >= 11 is 2.58. The first kappa shape index (κ1) is 17.8. The molecule has 0 unspecified atom stereocenters. The maximum atomic E-state index is 12.6. The number of rotatable bonds is 8. The normalized spacial score (nSPS) is 17.4. The highest BCUT2D eigenvalue weighted by atomic mass is 32.2. The van der Waals surface area contributed by atoms with Gasteiger partial charge in [-0.05, 0) is 25.0 Å². The van der Waals surface area contributed by atoms with E-state index in [1.54, 1.807) is 17.8 Å². The smallest absolute Gasteiger partial charge is 0.194 e. The lowest BCUT2D eigenvalue weighted by atomic mass is 9.79. The molecule has 2 N–H and O–H groups in total. The van der Waals surface area contributed by atoms with Crippen LogP contribution in [0.4, 0.5) is 0 Å². The van der Waals surface area contributed by atoms with Crippen LogP contribution in [-0.2, 0) is 9.37 Å². The van der Waals surface area contributed by atoms with E-state index >= 15 is 0 Å². The third kappa shape index (κ3) is 4.97. The summed E-state index contributed by atoms with van der Waals surface area (Å²) < 4.78 is 4.30. The fraction of sp³-hybridized carbons (Fsp3) is 0.533. The van der Waals surface area contributed by atoms with Gasteiger partial charge in [0.1, 0.15) is 5.60 Å². The average molecular weight is 344 g/mol. The molecule has 0 aliphatic heterocycles. The molecule has 1 aliphatic rings. The molecule has 2 rings (SSSR count). The van der Waals surface area contributed by atoms with Gasteiger partial charge in [-0.2, -0.15) is 0 Å². The van der Waals surface area contributed by atoms with Crippen molar-refractivity contribution in [2.45, 2.75) is 42.6 Å². The van der Waals surface area contributed by atoms with Crippen molar-refractivity contribution < 1.29 is 24.5 Å². The van der Waals surface area contributed by atoms with Crippen LogP contribution < -0.4 is 0 Å². The topological polar surface area (TPSA) is 76.0 Å². The van der Waals surface area contributed by atoms with Gasteiger partial charge in [0.2, 0.25) is 0 Å². The summed E-state index contributed by atoms with van der Waals surface area (Å²) in [7, 11) is 0. The zero-order valence-corrected chi connectivity index (χ0v) is 13.8. The second-order valence-corrected chi connectivity index (χ2v) is 7.21. The van der Waals surface area contributed by atoms with Gasteiger partial charge < -0.3 is 5.11 Å². The minimum atomic E-state index is -1.19. The molecule has 122 valence electrons. The Morgan fingerprint density at radius 1 is 1.23 bits per heavy atom. The first-order valence-corrected chi connectivity index (χ1v) is 9.15. The van der Waals surface area contributed by atoms with Gasteiger partial charge >= 0.3 is 0 Å². The molecule has 1 saturated carbocycles. The first-order chi connectivity index (χ1) is 10.7. The minimum Gasteiger partial charge on any atom is -0.382 e. The summed E-state index contributed by atoms with van der Waals surface area (Å²) in [5, 5.41) is 22.1. The second kappa shape index (κ2) is 8.90. The molecule has 5 nitrogen and oxygen atoms in total. The van der Waals surface area contributed by atoms with E-state index in [1.165, 1.54) is 0 Å². The van der Waals surface area contributed by atoms with Crippen LogP contribution in [0.1, 0.15) is 42.5 Å². The Bertz CT molecular complexity index is 489. The van der Waals surface area contributed by atoms with Gasteiger partial charge in [-0.3, -0.25) is 4.79 Å². The number of aliphatic hydroxyl groups is 1. The van der Waals surface area contributed by atoms with Crippen molar-refractivity contribution in [3.8, 4) is 0 Å². The number of Topliss-reactive ketones (excluding diaryl/α,β-unsaturated/α-hetero) is 1. The molecule has 1 aromatic carbocycles. The number of carbonyl (C=O) groups is 1. The molecule has 0 aromatic heterocycles. The molecule has 0 heterocycles.